The fourth-order valence-electron chi connectivity index (χ4n) is 2.71. The van der Waals surface area contributed by atoms with Crippen molar-refractivity contribution in [1.29, 1.82) is 10.5 Å². The van der Waals surface area contributed by atoms with Crippen LogP contribution in [0.2, 0.25) is 5.02 Å². The van der Waals surface area contributed by atoms with Crippen LogP contribution in [0.3, 0.4) is 0 Å². The molecular formula is C17H12ClN11. The maximum Gasteiger partial charge on any atom is 0.247 e. The van der Waals surface area contributed by atoms with E-state index in [0.717, 1.165) is 12.8 Å². The molecule has 2 aromatic heterocycles. The molecule has 0 bridgehead atoms. The monoisotopic (exact) mass is 405 g/mol. The first kappa shape index (κ1) is 18.3. The molecular weight excluding hydrogens is 394 g/mol. The van der Waals surface area contributed by atoms with Crippen molar-refractivity contribution in [3.05, 3.63) is 50.6 Å². The van der Waals surface area contributed by atoms with Gasteiger partial charge in [-0.3, -0.25) is 0 Å². The van der Waals surface area contributed by atoms with Crippen molar-refractivity contribution < 1.29 is 0 Å². The van der Waals surface area contributed by atoms with Crippen molar-refractivity contribution in [3.63, 3.8) is 0 Å². The molecule has 1 aliphatic carbocycles. The summed E-state index contributed by atoms with van der Waals surface area (Å²) in [5, 5.41) is 33.0. The summed E-state index contributed by atoms with van der Waals surface area (Å²) in [5.41, 5.74) is 10.5. The molecule has 0 saturated heterocycles. The summed E-state index contributed by atoms with van der Waals surface area (Å²) >= 11 is 6.42. The van der Waals surface area contributed by atoms with Crippen LogP contribution in [0.1, 0.15) is 29.7 Å². The van der Waals surface area contributed by atoms with Crippen molar-refractivity contribution in [2.24, 2.45) is 5.11 Å². The Morgan fingerprint density at radius 3 is 2.86 bits per heavy atom. The van der Waals surface area contributed by atoms with Crippen LogP contribution in [0.5, 0.6) is 0 Å². The molecule has 29 heavy (non-hydrogen) atoms. The molecule has 0 amide bonds. The Morgan fingerprint density at radius 1 is 1.34 bits per heavy atom. The fourth-order valence-corrected chi connectivity index (χ4v) is 2.93. The van der Waals surface area contributed by atoms with E-state index in [4.69, 9.17) is 17.1 Å². The number of benzene rings is 1. The predicted octanol–water partition coefficient (Wildman–Crippen LogP) is 3.65. The summed E-state index contributed by atoms with van der Waals surface area (Å²) in [6.07, 6.45) is 3.49. The number of nitriles is 2. The summed E-state index contributed by atoms with van der Waals surface area (Å²) in [6.45, 7) is -0.00594. The normalized spacial score (nSPS) is 12.7. The van der Waals surface area contributed by atoms with Crippen molar-refractivity contribution in [2.75, 3.05) is 10.6 Å². The molecule has 0 atom stereocenters. The second-order valence-corrected chi connectivity index (χ2v) is 6.69. The molecule has 142 valence electrons. The molecule has 0 aliphatic heterocycles. The van der Waals surface area contributed by atoms with Crippen molar-refractivity contribution >= 4 is 34.7 Å². The van der Waals surface area contributed by atoms with E-state index in [0.29, 0.717) is 34.3 Å². The highest BCUT2D eigenvalue weighted by Gasteiger charge is 2.24. The number of azide groups is 1. The van der Waals surface area contributed by atoms with Crippen LogP contribution in [-0.2, 0) is 6.54 Å². The Balaban J connectivity index is 1.78. The molecule has 2 N–H and O–H groups in total. The average Bonchev–Trinajstić information content (AvgIpc) is 3.44. The lowest BCUT2D eigenvalue weighted by Crippen LogP contribution is -2.11. The molecule has 0 radical (unpaired) electrons. The van der Waals surface area contributed by atoms with Crippen LogP contribution >= 0.6 is 11.6 Å². The van der Waals surface area contributed by atoms with Crippen LogP contribution in [0.15, 0.2) is 23.4 Å². The number of anilines is 3. The van der Waals surface area contributed by atoms with E-state index >= 15 is 0 Å². The second kappa shape index (κ2) is 7.52. The lowest BCUT2D eigenvalue weighted by molar-refractivity contribution is 0.891. The van der Waals surface area contributed by atoms with Gasteiger partial charge in [-0.05, 0) is 36.1 Å². The smallest absolute Gasteiger partial charge is 0.247 e. The molecule has 11 nitrogen and oxygen atoms in total. The molecule has 3 aromatic rings. The summed E-state index contributed by atoms with van der Waals surface area (Å²) in [6, 6.07) is 7.49. The van der Waals surface area contributed by atoms with Gasteiger partial charge in [-0.1, -0.05) is 16.7 Å². The van der Waals surface area contributed by atoms with Gasteiger partial charge in [0, 0.05) is 11.0 Å². The van der Waals surface area contributed by atoms with Crippen LogP contribution in [-0.4, -0.2) is 25.6 Å². The lowest BCUT2D eigenvalue weighted by atomic mass is 10.1. The highest BCUT2D eigenvalue weighted by molar-refractivity contribution is 6.34. The zero-order valence-corrected chi connectivity index (χ0v) is 15.6. The highest BCUT2D eigenvalue weighted by atomic mass is 35.5. The molecule has 0 spiro atoms. The predicted molar refractivity (Wildman–Crippen MR) is 104 cm³/mol. The molecule has 1 fully saturated rings. The first-order chi connectivity index (χ1) is 14.1. The van der Waals surface area contributed by atoms with E-state index in [1.54, 1.807) is 12.1 Å². The Morgan fingerprint density at radius 2 is 2.17 bits per heavy atom. The third-order valence-corrected chi connectivity index (χ3v) is 4.67. The number of imidazole rings is 1. The number of nitrogens with zero attached hydrogens (tertiary/aromatic N) is 9. The summed E-state index contributed by atoms with van der Waals surface area (Å²) in [7, 11) is 0. The number of aromatic nitrogens is 4. The Labute approximate surface area is 169 Å². The van der Waals surface area contributed by atoms with Crippen LogP contribution < -0.4 is 10.6 Å². The summed E-state index contributed by atoms with van der Waals surface area (Å²) in [4.78, 5) is 11.4. The van der Waals surface area contributed by atoms with Gasteiger partial charge in [-0.15, -0.1) is 5.10 Å². The minimum atomic E-state index is -0.00594. The van der Waals surface area contributed by atoms with E-state index in [1.807, 2.05) is 12.1 Å². The van der Waals surface area contributed by atoms with Crippen LogP contribution in [0, 0.1) is 22.7 Å². The SMILES string of the molecule is N#Cc1cc(CN=[N+]=[N-])c(Cl)c(Nc2nc(NC3CC3)c3ncc(C#N)n3n2)c1. The number of fused-ring (bicyclic) bond motifs is 1. The molecule has 2 heterocycles. The standard InChI is InChI=1S/C17H12ClN11/c18-14-10(7-23-28-21)3-9(5-19)4-13(14)25-17-26-15(24-11-1-2-11)16-22-8-12(6-20)29(16)27-17/h3-4,8,11H,1-2,7H2,(H2,24,25,26,27). The van der Waals surface area contributed by atoms with E-state index in [-0.39, 0.29) is 23.2 Å². The van der Waals surface area contributed by atoms with Gasteiger partial charge >= 0.3 is 0 Å². The van der Waals surface area contributed by atoms with Gasteiger partial charge in [-0.2, -0.15) is 20.0 Å². The first-order valence-electron chi connectivity index (χ1n) is 8.55. The maximum absolute atomic E-state index is 9.31. The molecule has 4 rings (SSSR count). The maximum atomic E-state index is 9.31. The number of rotatable bonds is 6. The van der Waals surface area contributed by atoms with Gasteiger partial charge in [0.2, 0.25) is 5.95 Å². The Hall–Kier alpha value is -4.05. The largest absolute Gasteiger partial charge is 0.364 e. The summed E-state index contributed by atoms with van der Waals surface area (Å²) in [5.74, 6) is 0.662. The number of hydrogen-bond acceptors (Lipinski definition) is 8. The van der Waals surface area contributed by atoms with E-state index in [1.165, 1.54) is 10.7 Å². The van der Waals surface area contributed by atoms with E-state index in [9.17, 15) is 10.5 Å². The minimum Gasteiger partial charge on any atom is -0.364 e. The van der Waals surface area contributed by atoms with Gasteiger partial charge in [0.25, 0.3) is 0 Å². The van der Waals surface area contributed by atoms with Gasteiger partial charge < -0.3 is 10.6 Å². The van der Waals surface area contributed by atoms with E-state index in [2.05, 4.69) is 35.7 Å². The van der Waals surface area contributed by atoms with Gasteiger partial charge in [0.1, 0.15) is 6.07 Å². The number of halogens is 1. The zero-order valence-electron chi connectivity index (χ0n) is 14.8. The highest BCUT2D eigenvalue weighted by Crippen LogP contribution is 2.31. The zero-order chi connectivity index (χ0) is 20.4. The Bertz CT molecular complexity index is 1240. The quantitative estimate of drug-likeness (QED) is 0.358. The second-order valence-electron chi connectivity index (χ2n) is 6.32. The van der Waals surface area contributed by atoms with Crippen molar-refractivity contribution in [1.82, 2.24) is 19.6 Å². The fraction of sp³-hybridized carbons (Fsp3) is 0.235. The molecule has 1 aromatic carbocycles. The number of hydrogen-bond donors (Lipinski definition) is 2. The van der Waals surface area contributed by atoms with E-state index < -0.39 is 0 Å². The molecule has 1 saturated carbocycles. The Kier molecular flexibility index (Phi) is 4.75. The van der Waals surface area contributed by atoms with Gasteiger partial charge in [-0.25, -0.2) is 4.98 Å². The van der Waals surface area contributed by atoms with Crippen LogP contribution in [0.4, 0.5) is 17.5 Å². The van der Waals surface area contributed by atoms with Crippen molar-refractivity contribution in [3.8, 4) is 12.1 Å². The molecule has 1 aliphatic rings. The summed E-state index contributed by atoms with van der Waals surface area (Å²) < 4.78 is 1.39. The third-order valence-electron chi connectivity index (χ3n) is 4.22. The van der Waals surface area contributed by atoms with Gasteiger partial charge in [0.05, 0.1) is 35.1 Å². The average molecular weight is 406 g/mol. The number of nitrogens with one attached hydrogen (secondary N) is 2. The van der Waals surface area contributed by atoms with Crippen molar-refractivity contribution in [2.45, 2.75) is 25.4 Å². The first-order valence-corrected chi connectivity index (χ1v) is 8.93. The lowest BCUT2D eigenvalue weighted by Gasteiger charge is -2.12. The molecule has 12 heteroatoms. The minimum absolute atomic E-state index is 0.00594. The molecule has 0 unspecified atom stereocenters. The van der Waals surface area contributed by atoms with Crippen LogP contribution in [0.25, 0.3) is 16.1 Å². The topological polar surface area (TPSA) is 163 Å². The third kappa shape index (κ3) is 3.69. The van der Waals surface area contributed by atoms with Gasteiger partial charge in [0.15, 0.2) is 17.2 Å².